The monoisotopic (exact) mass is 228 g/mol. The van der Waals surface area contributed by atoms with Crippen LogP contribution in [0.2, 0.25) is 0 Å². The number of allylic oxidation sites excluding steroid dienone is 1. The molecule has 1 unspecified atom stereocenters. The number of hydrogen-bond acceptors (Lipinski definition) is 3. The minimum absolute atomic E-state index is 0.126. The van der Waals surface area contributed by atoms with E-state index < -0.39 is 7.79 Å². The van der Waals surface area contributed by atoms with Gasteiger partial charge in [-0.15, -0.1) is 0 Å². The summed E-state index contributed by atoms with van der Waals surface area (Å²) < 4.78 is 0. The summed E-state index contributed by atoms with van der Waals surface area (Å²) in [6.45, 7) is 8.26. The molecule has 1 aliphatic heterocycles. The molecule has 0 aliphatic carbocycles. The van der Waals surface area contributed by atoms with E-state index in [-0.39, 0.29) is 12.1 Å². The third-order valence-corrected chi connectivity index (χ3v) is 4.33. The molecular weight excluding hydrogens is 207 g/mol. The lowest BCUT2D eigenvalue weighted by molar-refractivity contribution is -0.173. The first-order chi connectivity index (χ1) is 6.91. The van der Waals surface area contributed by atoms with Crippen LogP contribution in [-0.4, -0.2) is 12.1 Å². The molecule has 1 rings (SSSR count). The van der Waals surface area contributed by atoms with Crippen LogP contribution in [0.25, 0.3) is 0 Å². The molecule has 1 heterocycles. The molecule has 0 bridgehead atoms. The van der Waals surface area contributed by atoms with Crippen LogP contribution in [0.3, 0.4) is 0 Å². The van der Waals surface area contributed by atoms with Gasteiger partial charge in [0, 0.05) is 0 Å². The van der Waals surface area contributed by atoms with Gasteiger partial charge in [-0.25, -0.2) is 0 Å². The quantitative estimate of drug-likeness (QED) is 0.570. The normalized spacial score (nSPS) is 33.1. The molecular formula is C11H21N2OP. The van der Waals surface area contributed by atoms with Crippen molar-refractivity contribution in [2.24, 2.45) is 5.92 Å². The van der Waals surface area contributed by atoms with E-state index in [1.807, 2.05) is 19.9 Å². The van der Waals surface area contributed by atoms with E-state index in [0.717, 1.165) is 0 Å². The van der Waals surface area contributed by atoms with Crippen LogP contribution in [-0.2, 0) is 0 Å². The topological polar surface area (TPSA) is 47.1 Å². The van der Waals surface area contributed by atoms with E-state index in [0.29, 0.717) is 5.92 Å². The highest BCUT2D eigenvalue weighted by atomic mass is 31.2. The Bertz CT molecular complexity index is 265. The maximum atomic E-state index is 12.1. The largest absolute Gasteiger partial charge is 0.647 e. The Morgan fingerprint density at radius 2 is 2.07 bits per heavy atom. The van der Waals surface area contributed by atoms with Gasteiger partial charge >= 0.3 is 0 Å². The van der Waals surface area contributed by atoms with Gasteiger partial charge in [-0.05, 0) is 25.8 Å². The zero-order valence-corrected chi connectivity index (χ0v) is 10.8. The maximum Gasteiger partial charge on any atom is 0.128 e. The molecule has 0 spiro atoms. The number of rotatable bonds is 4. The molecule has 15 heavy (non-hydrogen) atoms. The predicted molar refractivity (Wildman–Crippen MR) is 65.2 cm³/mol. The molecule has 0 aromatic rings. The van der Waals surface area contributed by atoms with E-state index in [4.69, 9.17) is 0 Å². The van der Waals surface area contributed by atoms with Gasteiger partial charge in [-0.3, -0.25) is 0 Å². The van der Waals surface area contributed by atoms with E-state index in [1.54, 1.807) is 5.82 Å². The van der Waals surface area contributed by atoms with E-state index in [2.05, 4.69) is 36.2 Å². The fourth-order valence-corrected chi connectivity index (χ4v) is 3.58. The van der Waals surface area contributed by atoms with Crippen LogP contribution in [0.5, 0.6) is 0 Å². The molecule has 86 valence electrons. The lowest BCUT2D eigenvalue weighted by atomic mass is 10.2. The van der Waals surface area contributed by atoms with Crippen LogP contribution < -0.4 is 15.1 Å². The molecule has 0 aromatic heterocycles. The summed E-state index contributed by atoms with van der Waals surface area (Å²) in [5.74, 6) is 2.29. The van der Waals surface area contributed by atoms with Crippen molar-refractivity contribution in [1.82, 2.24) is 10.2 Å². The van der Waals surface area contributed by atoms with Crippen LogP contribution in [0.15, 0.2) is 24.0 Å². The Hall–Kier alpha value is -0.210. The second-order valence-corrected chi connectivity index (χ2v) is 6.59. The first kappa shape index (κ1) is 12.9. The second-order valence-electron chi connectivity index (χ2n) is 4.46. The summed E-state index contributed by atoms with van der Waals surface area (Å²) in [5, 5.41) is 6.16. The first-order valence-corrected chi connectivity index (χ1v) is 7.22. The van der Waals surface area contributed by atoms with E-state index >= 15 is 0 Å². The molecule has 0 fully saturated rings. The van der Waals surface area contributed by atoms with Crippen molar-refractivity contribution < 1.29 is 4.89 Å². The third kappa shape index (κ3) is 4.43. The highest BCUT2D eigenvalue weighted by Crippen LogP contribution is 2.47. The van der Waals surface area contributed by atoms with Crippen molar-refractivity contribution in [3.63, 3.8) is 0 Å². The Labute approximate surface area is 93.2 Å². The van der Waals surface area contributed by atoms with Crippen molar-refractivity contribution in [2.45, 2.75) is 39.8 Å². The molecule has 4 heteroatoms. The van der Waals surface area contributed by atoms with Gasteiger partial charge in [0.2, 0.25) is 0 Å². The summed E-state index contributed by atoms with van der Waals surface area (Å²) in [5.41, 5.74) is 0. The number of hydrogen-bond donors (Lipinski definition) is 2. The molecule has 2 N–H and O–H groups in total. The fourth-order valence-electron chi connectivity index (χ4n) is 1.45. The Morgan fingerprint density at radius 1 is 1.40 bits per heavy atom. The zero-order valence-electron chi connectivity index (χ0n) is 9.90. The van der Waals surface area contributed by atoms with Crippen LogP contribution in [0.4, 0.5) is 0 Å². The minimum atomic E-state index is -2.47. The van der Waals surface area contributed by atoms with Crippen LogP contribution in [0, 0.1) is 5.92 Å². The van der Waals surface area contributed by atoms with Crippen molar-refractivity contribution in [3.05, 3.63) is 24.0 Å². The van der Waals surface area contributed by atoms with Crippen molar-refractivity contribution >= 4 is 7.79 Å². The fraction of sp³-hybridized carbons (Fsp3) is 0.636. The molecule has 0 aromatic carbocycles. The summed E-state index contributed by atoms with van der Waals surface area (Å²) in [6, 6.07) is 0.324. The average molecular weight is 228 g/mol. The minimum Gasteiger partial charge on any atom is -0.647 e. The standard InChI is InChI=1S/C11H21N2OP/c1-9(2)5-6-10(3)12-15(14)8-7-11(4)13-15/h5-11H,1-4H3,(H2,12,13,14)/b6-5-/t10-,11-,15?/m0/s1. The van der Waals surface area contributed by atoms with Crippen molar-refractivity contribution in [1.29, 1.82) is 0 Å². The Morgan fingerprint density at radius 3 is 2.53 bits per heavy atom. The Balaban J connectivity index is 2.44. The van der Waals surface area contributed by atoms with E-state index in [9.17, 15) is 4.89 Å². The smallest absolute Gasteiger partial charge is 0.128 e. The maximum absolute atomic E-state index is 12.1. The highest BCUT2D eigenvalue weighted by Gasteiger charge is 2.30. The highest BCUT2D eigenvalue weighted by molar-refractivity contribution is 7.68. The van der Waals surface area contributed by atoms with Gasteiger partial charge in [0.05, 0.1) is 17.9 Å². The average Bonchev–Trinajstić information content (AvgIpc) is 2.42. The van der Waals surface area contributed by atoms with Gasteiger partial charge in [0.15, 0.2) is 0 Å². The van der Waals surface area contributed by atoms with Crippen LogP contribution in [0.1, 0.15) is 27.7 Å². The van der Waals surface area contributed by atoms with Gasteiger partial charge in [0.1, 0.15) is 7.79 Å². The first-order valence-electron chi connectivity index (χ1n) is 5.44. The van der Waals surface area contributed by atoms with Gasteiger partial charge in [0.25, 0.3) is 0 Å². The molecule has 3 nitrogen and oxygen atoms in total. The second kappa shape index (κ2) is 5.22. The summed E-state index contributed by atoms with van der Waals surface area (Å²) in [6.07, 6.45) is 6.11. The molecule has 0 saturated heterocycles. The van der Waals surface area contributed by atoms with Gasteiger partial charge in [-0.1, -0.05) is 26.0 Å². The molecule has 0 amide bonds. The molecule has 1 aliphatic rings. The zero-order chi connectivity index (χ0) is 11.5. The molecule has 0 saturated carbocycles. The summed E-state index contributed by atoms with van der Waals surface area (Å²) >= 11 is 0. The molecule has 3 atom stereocenters. The van der Waals surface area contributed by atoms with Crippen molar-refractivity contribution in [3.8, 4) is 0 Å². The lowest BCUT2D eigenvalue weighted by Crippen LogP contribution is -2.38. The lowest BCUT2D eigenvalue weighted by Gasteiger charge is -2.27. The summed E-state index contributed by atoms with van der Waals surface area (Å²) in [4.78, 5) is 12.1. The summed E-state index contributed by atoms with van der Waals surface area (Å²) in [7, 11) is -2.47. The molecule has 0 radical (unpaired) electrons. The SMILES string of the molecule is CC(C)/C=C\[C@H](C)N[P+]1([O-])C=C[C@H](C)N1. The predicted octanol–water partition coefficient (Wildman–Crippen LogP) is 1.80. The third-order valence-electron chi connectivity index (χ3n) is 2.16. The van der Waals surface area contributed by atoms with E-state index in [1.165, 1.54) is 0 Å². The van der Waals surface area contributed by atoms with Crippen LogP contribution >= 0.6 is 7.79 Å². The van der Waals surface area contributed by atoms with Gasteiger partial charge < -0.3 is 4.89 Å². The number of nitrogens with one attached hydrogen (secondary N) is 2. The van der Waals surface area contributed by atoms with Crippen molar-refractivity contribution in [2.75, 3.05) is 0 Å². The Kier molecular flexibility index (Phi) is 4.47. The van der Waals surface area contributed by atoms with Gasteiger partial charge in [-0.2, -0.15) is 10.2 Å².